The van der Waals surface area contributed by atoms with Gasteiger partial charge in [-0.1, -0.05) is 40.5 Å². The molecule has 1 atom stereocenters. The molecule has 2 aromatic rings. The second-order valence-electron chi connectivity index (χ2n) is 4.84. The lowest BCUT2D eigenvalue weighted by Gasteiger charge is -2.20. The highest BCUT2D eigenvalue weighted by molar-refractivity contribution is 9.10. The maximum atomic E-state index is 14.0. The lowest BCUT2D eigenvalue weighted by atomic mass is 9.99. The SMILES string of the molecule is CCCNC(Cc1ccc(Br)cc1Cl)c1ccncc1F. The summed E-state index contributed by atoms with van der Waals surface area (Å²) in [6, 6.07) is 7.37. The van der Waals surface area contributed by atoms with Gasteiger partial charge in [-0.15, -0.1) is 0 Å². The van der Waals surface area contributed by atoms with Crippen LogP contribution in [-0.2, 0) is 6.42 Å². The van der Waals surface area contributed by atoms with Crippen molar-refractivity contribution in [1.29, 1.82) is 0 Å². The molecule has 1 heterocycles. The van der Waals surface area contributed by atoms with E-state index in [2.05, 4.69) is 33.2 Å². The van der Waals surface area contributed by atoms with Gasteiger partial charge in [-0.2, -0.15) is 0 Å². The largest absolute Gasteiger partial charge is 0.310 e. The number of rotatable bonds is 6. The summed E-state index contributed by atoms with van der Waals surface area (Å²) < 4.78 is 14.9. The zero-order valence-electron chi connectivity index (χ0n) is 11.7. The maximum absolute atomic E-state index is 14.0. The average molecular weight is 372 g/mol. The average Bonchev–Trinajstić information content (AvgIpc) is 2.46. The zero-order valence-corrected chi connectivity index (χ0v) is 14.1. The van der Waals surface area contributed by atoms with Crippen LogP contribution >= 0.6 is 27.5 Å². The molecule has 1 N–H and O–H groups in total. The first-order valence-electron chi connectivity index (χ1n) is 6.88. The molecule has 21 heavy (non-hydrogen) atoms. The van der Waals surface area contributed by atoms with Crippen molar-refractivity contribution in [2.75, 3.05) is 6.54 Å². The molecule has 5 heteroatoms. The van der Waals surface area contributed by atoms with Crippen LogP contribution in [0.2, 0.25) is 5.02 Å². The minimum atomic E-state index is -0.292. The van der Waals surface area contributed by atoms with Gasteiger partial charge in [0.1, 0.15) is 5.82 Å². The Morgan fingerprint density at radius 1 is 1.38 bits per heavy atom. The molecule has 0 aliphatic heterocycles. The van der Waals surface area contributed by atoms with Gasteiger partial charge in [0.25, 0.3) is 0 Å². The fourth-order valence-corrected chi connectivity index (χ4v) is 2.94. The van der Waals surface area contributed by atoms with E-state index < -0.39 is 0 Å². The van der Waals surface area contributed by atoms with Crippen LogP contribution in [0.15, 0.2) is 41.1 Å². The smallest absolute Gasteiger partial charge is 0.146 e. The Labute approximate surface area is 137 Å². The summed E-state index contributed by atoms with van der Waals surface area (Å²) in [6.45, 7) is 2.90. The van der Waals surface area contributed by atoms with Crippen LogP contribution in [0.3, 0.4) is 0 Å². The summed E-state index contributed by atoms with van der Waals surface area (Å²) in [6.07, 6.45) is 4.48. The van der Waals surface area contributed by atoms with Crippen LogP contribution < -0.4 is 5.32 Å². The molecule has 0 aliphatic carbocycles. The van der Waals surface area contributed by atoms with Crippen molar-refractivity contribution in [3.8, 4) is 0 Å². The first-order valence-corrected chi connectivity index (χ1v) is 8.05. The van der Waals surface area contributed by atoms with E-state index >= 15 is 0 Å². The Morgan fingerprint density at radius 2 is 2.19 bits per heavy atom. The van der Waals surface area contributed by atoms with E-state index in [1.165, 1.54) is 6.20 Å². The van der Waals surface area contributed by atoms with E-state index in [1.54, 1.807) is 12.3 Å². The number of nitrogens with one attached hydrogen (secondary N) is 1. The second kappa shape index (κ2) is 7.87. The molecule has 0 aliphatic rings. The fraction of sp³-hybridized carbons (Fsp3) is 0.312. The van der Waals surface area contributed by atoms with Crippen LogP contribution in [0.25, 0.3) is 0 Å². The third kappa shape index (κ3) is 4.50. The lowest BCUT2D eigenvalue weighted by molar-refractivity contribution is 0.495. The van der Waals surface area contributed by atoms with Crippen LogP contribution in [-0.4, -0.2) is 11.5 Å². The molecule has 0 bridgehead atoms. The van der Waals surface area contributed by atoms with Crippen molar-refractivity contribution in [1.82, 2.24) is 10.3 Å². The Morgan fingerprint density at radius 3 is 2.86 bits per heavy atom. The highest BCUT2D eigenvalue weighted by Gasteiger charge is 2.17. The molecule has 112 valence electrons. The van der Waals surface area contributed by atoms with Gasteiger partial charge >= 0.3 is 0 Å². The van der Waals surface area contributed by atoms with Crippen LogP contribution in [0.5, 0.6) is 0 Å². The van der Waals surface area contributed by atoms with E-state index in [1.807, 2.05) is 18.2 Å². The highest BCUT2D eigenvalue weighted by Crippen LogP contribution is 2.27. The number of hydrogen-bond acceptors (Lipinski definition) is 2. The standard InChI is InChI=1S/C16H17BrClFN2/c1-2-6-21-16(13-5-7-20-10-15(13)19)8-11-3-4-12(17)9-14(11)18/h3-5,7,9-10,16,21H,2,6,8H2,1H3. The van der Waals surface area contributed by atoms with Gasteiger partial charge in [-0.05, 0) is 43.1 Å². The van der Waals surface area contributed by atoms with E-state index in [4.69, 9.17) is 11.6 Å². The molecular formula is C16H17BrClFN2. The summed E-state index contributed by atoms with van der Waals surface area (Å²) in [7, 11) is 0. The maximum Gasteiger partial charge on any atom is 0.146 e. The highest BCUT2D eigenvalue weighted by atomic mass is 79.9. The molecule has 2 rings (SSSR count). The second-order valence-corrected chi connectivity index (χ2v) is 6.17. The van der Waals surface area contributed by atoms with Crippen LogP contribution in [0, 0.1) is 5.82 Å². The van der Waals surface area contributed by atoms with Crippen molar-refractivity contribution < 1.29 is 4.39 Å². The molecule has 0 saturated heterocycles. The van der Waals surface area contributed by atoms with Gasteiger partial charge in [0.15, 0.2) is 0 Å². The zero-order chi connectivity index (χ0) is 15.2. The van der Waals surface area contributed by atoms with Gasteiger partial charge in [-0.3, -0.25) is 4.98 Å². The molecular weight excluding hydrogens is 355 g/mol. The van der Waals surface area contributed by atoms with Gasteiger partial charge < -0.3 is 5.32 Å². The number of halogens is 3. The normalized spacial score (nSPS) is 12.4. The predicted molar refractivity (Wildman–Crippen MR) is 88.1 cm³/mol. The molecule has 0 radical (unpaired) electrons. The quantitative estimate of drug-likeness (QED) is 0.779. The molecule has 2 nitrogen and oxygen atoms in total. The molecule has 1 unspecified atom stereocenters. The summed E-state index contributed by atoms with van der Waals surface area (Å²) in [5.41, 5.74) is 1.61. The third-order valence-corrected chi connectivity index (χ3v) is 4.10. The van der Waals surface area contributed by atoms with Crippen molar-refractivity contribution >= 4 is 27.5 Å². The topological polar surface area (TPSA) is 24.9 Å². The number of aromatic nitrogens is 1. The first kappa shape index (κ1) is 16.4. The monoisotopic (exact) mass is 370 g/mol. The van der Waals surface area contributed by atoms with Gasteiger partial charge in [0.2, 0.25) is 0 Å². The van der Waals surface area contributed by atoms with Crippen molar-refractivity contribution in [2.45, 2.75) is 25.8 Å². The minimum absolute atomic E-state index is 0.119. The number of nitrogens with zero attached hydrogens (tertiary/aromatic N) is 1. The summed E-state index contributed by atoms with van der Waals surface area (Å²) in [4.78, 5) is 3.81. The van der Waals surface area contributed by atoms with Crippen molar-refractivity contribution in [2.24, 2.45) is 0 Å². The molecule has 0 spiro atoms. The van der Waals surface area contributed by atoms with Gasteiger partial charge in [-0.25, -0.2) is 4.39 Å². The van der Waals surface area contributed by atoms with E-state index in [0.29, 0.717) is 17.0 Å². The Bertz CT molecular complexity index is 607. The fourth-order valence-electron chi connectivity index (χ4n) is 2.19. The van der Waals surface area contributed by atoms with Crippen molar-refractivity contribution in [3.63, 3.8) is 0 Å². The summed E-state index contributed by atoms with van der Waals surface area (Å²) in [5.74, 6) is -0.292. The molecule has 0 fully saturated rings. The summed E-state index contributed by atoms with van der Waals surface area (Å²) in [5, 5.41) is 4.06. The van der Waals surface area contributed by atoms with E-state index in [-0.39, 0.29) is 11.9 Å². The molecule has 1 aromatic carbocycles. The van der Waals surface area contributed by atoms with Crippen LogP contribution in [0.1, 0.15) is 30.5 Å². The third-order valence-electron chi connectivity index (χ3n) is 3.26. The Balaban J connectivity index is 2.26. The van der Waals surface area contributed by atoms with Crippen molar-refractivity contribution in [3.05, 3.63) is 63.1 Å². The number of pyridine rings is 1. The van der Waals surface area contributed by atoms with E-state index in [0.717, 1.165) is 23.0 Å². The Hall–Kier alpha value is -0.970. The molecule has 0 saturated carbocycles. The molecule has 0 amide bonds. The Kier molecular flexibility index (Phi) is 6.15. The molecule has 1 aromatic heterocycles. The number of hydrogen-bond donors (Lipinski definition) is 1. The minimum Gasteiger partial charge on any atom is -0.310 e. The first-order chi connectivity index (χ1) is 10.1. The van der Waals surface area contributed by atoms with E-state index in [9.17, 15) is 4.39 Å². The predicted octanol–water partition coefficient (Wildman–Crippen LogP) is 4.92. The van der Waals surface area contributed by atoms with Gasteiger partial charge in [0, 0.05) is 27.3 Å². The summed E-state index contributed by atoms with van der Waals surface area (Å²) >= 11 is 9.66. The van der Waals surface area contributed by atoms with Gasteiger partial charge in [0.05, 0.1) is 6.20 Å². The number of benzene rings is 1. The lowest BCUT2D eigenvalue weighted by Crippen LogP contribution is -2.25. The van der Waals surface area contributed by atoms with Crippen LogP contribution in [0.4, 0.5) is 4.39 Å².